The van der Waals surface area contributed by atoms with Gasteiger partial charge in [0, 0.05) is 25.7 Å². The fraction of sp³-hybridized carbons (Fsp3) is 0.190. The lowest BCUT2D eigenvalue weighted by atomic mass is 10.0. The van der Waals surface area contributed by atoms with Crippen molar-refractivity contribution in [2.24, 2.45) is 10.2 Å². The lowest BCUT2D eigenvalue weighted by molar-refractivity contribution is -0.139. The second-order valence-corrected chi connectivity index (χ2v) is 7.87. The number of rotatable bonds is 6. The quantitative estimate of drug-likeness (QED) is 0.253. The zero-order valence-corrected chi connectivity index (χ0v) is 17.9. The van der Waals surface area contributed by atoms with E-state index in [1.165, 1.54) is 11.8 Å². The van der Waals surface area contributed by atoms with Crippen molar-refractivity contribution in [3.63, 3.8) is 0 Å². The number of hydrogen-bond donors (Lipinski definition) is 1. The van der Waals surface area contributed by atoms with E-state index < -0.39 is 0 Å². The Labute approximate surface area is 176 Å². The first-order valence-electron chi connectivity index (χ1n) is 8.71. The number of hydrogen-bond acceptors (Lipinski definition) is 6. The van der Waals surface area contributed by atoms with Crippen LogP contribution >= 0.6 is 27.7 Å². The molecule has 3 aromatic carbocycles. The first kappa shape index (κ1) is 20.4. The highest BCUT2D eigenvalue weighted by Gasteiger charge is 2.18. The summed E-state index contributed by atoms with van der Waals surface area (Å²) in [4.78, 5) is 12.5. The van der Waals surface area contributed by atoms with Crippen LogP contribution in [0.2, 0.25) is 0 Å². The monoisotopic (exact) mass is 458 g/mol. The molecule has 3 aromatic rings. The summed E-state index contributed by atoms with van der Waals surface area (Å²) in [5, 5.41) is 21.0. The molecule has 1 N–H and O–H groups in total. The van der Waals surface area contributed by atoms with Gasteiger partial charge in [-0.3, -0.25) is 4.79 Å². The standard InChI is InChI=1S/C21H19BrN2O3S/c1-3-27-18(25)12-28-21-13(2)20(26)17-7-5-4-6-16(17)19(21)24-23-15-10-8-14(22)9-11-15/h4-11,26H,3,12H2,1-2H3. The molecule has 0 fully saturated rings. The van der Waals surface area contributed by atoms with Crippen LogP contribution in [0.5, 0.6) is 5.75 Å². The highest BCUT2D eigenvalue weighted by atomic mass is 79.9. The summed E-state index contributed by atoms with van der Waals surface area (Å²) in [5.74, 6) is 0.00711. The van der Waals surface area contributed by atoms with E-state index in [9.17, 15) is 9.90 Å². The van der Waals surface area contributed by atoms with Crippen molar-refractivity contribution in [2.45, 2.75) is 18.7 Å². The summed E-state index contributed by atoms with van der Waals surface area (Å²) in [6.45, 7) is 3.92. The lowest BCUT2D eigenvalue weighted by Crippen LogP contribution is -2.06. The molecule has 3 rings (SSSR count). The molecule has 0 aliphatic heterocycles. The number of azo groups is 1. The van der Waals surface area contributed by atoms with Crippen LogP contribution in [-0.2, 0) is 9.53 Å². The smallest absolute Gasteiger partial charge is 0.316 e. The lowest BCUT2D eigenvalue weighted by Gasteiger charge is -2.14. The van der Waals surface area contributed by atoms with Gasteiger partial charge in [-0.05, 0) is 38.1 Å². The van der Waals surface area contributed by atoms with Gasteiger partial charge < -0.3 is 9.84 Å². The molecule has 0 aromatic heterocycles. The number of phenols is 1. The zero-order chi connectivity index (χ0) is 20.1. The van der Waals surface area contributed by atoms with Gasteiger partial charge in [0.25, 0.3) is 0 Å². The van der Waals surface area contributed by atoms with Crippen LogP contribution in [0.4, 0.5) is 11.4 Å². The first-order valence-corrected chi connectivity index (χ1v) is 10.5. The Bertz CT molecular complexity index is 1040. The summed E-state index contributed by atoms with van der Waals surface area (Å²) in [6.07, 6.45) is 0. The topological polar surface area (TPSA) is 71.2 Å². The average Bonchev–Trinajstić information content (AvgIpc) is 2.70. The van der Waals surface area contributed by atoms with E-state index in [1.807, 2.05) is 55.5 Å². The third kappa shape index (κ3) is 4.54. The second kappa shape index (κ2) is 9.21. The number of nitrogens with zero attached hydrogens (tertiary/aromatic N) is 2. The Morgan fingerprint density at radius 1 is 1.11 bits per heavy atom. The summed E-state index contributed by atoms with van der Waals surface area (Å²) in [6, 6.07) is 15.0. The van der Waals surface area contributed by atoms with E-state index in [0.717, 1.165) is 9.86 Å². The molecule has 0 heterocycles. The van der Waals surface area contributed by atoms with Crippen LogP contribution in [0, 0.1) is 6.92 Å². The molecule has 0 saturated heterocycles. The van der Waals surface area contributed by atoms with Crippen molar-refractivity contribution in [2.75, 3.05) is 12.4 Å². The number of aromatic hydroxyl groups is 1. The molecule has 0 aliphatic rings. The second-order valence-electron chi connectivity index (χ2n) is 5.97. The van der Waals surface area contributed by atoms with Crippen molar-refractivity contribution >= 4 is 55.8 Å². The Balaban J connectivity index is 2.08. The van der Waals surface area contributed by atoms with Gasteiger partial charge >= 0.3 is 5.97 Å². The van der Waals surface area contributed by atoms with Crippen LogP contribution in [-0.4, -0.2) is 23.4 Å². The molecule has 0 saturated carbocycles. The highest BCUT2D eigenvalue weighted by Crippen LogP contribution is 2.45. The molecule has 0 bridgehead atoms. The van der Waals surface area contributed by atoms with Gasteiger partial charge in [0.1, 0.15) is 11.4 Å². The minimum atomic E-state index is -0.310. The van der Waals surface area contributed by atoms with Crippen LogP contribution in [0.1, 0.15) is 12.5 Å². The van der Waals surface area contributed by atoms with E-state index >= 15 is 0 Å². The molecular weight excluding hydrogens is 440 g/mol. The van der Waals surface area contributed by atoms with Crippen LogP contribution in [0.15, 0.2) is 68.1 Å². The summed E-state index contributed by atoms with van der Waals surface area (Å²) < 4.78 is 5.98. The number of halogens is 1. The van der Waals surface area contributed by atoms with Gasteiger partial charge in [0.15, 0.2) is 0 Å². The summed E-state index contributed by atoms with van der Waals surface area (Å²) >= 11 is 4.70. The number of carbonyl (C=O) groups excluding carboxylic acids is 1. The van der Waals surface area contributed by atoms with Crippen molar-refractivity contribution in [3.05, 3.63) is 58.6 Å². The van der Waals surface area contributed by atoms with Crippen molar-refractivity contribution in [1.29, 1.82) is 0 Å². The Kier molecular flexibility index (Phi) is 6.70. The van der Waals surface area contributed by atoms with Crippen molar-refractivity contribution in [1.82, 2.24) is 0 Å². The summed E-state index contributed by atoms with van der Waals surface area (Å²) in [5.41, 5.74) is 2.00. The zero-order valence-electron chi connectivity index (χ0n) is 15.5. The highest BCUT2D eigenvalue weighted by molar-refractivity contribution is 9.10. The van der Waals surface area contributed by atoms with E-state index in [4.69, 9.17) is 4.74 Å². The number of thioether (sulfide) groups is 1. The third-order valence-electron chi connectivity index (χ3n) is 4.08. The molecule has 0 aliphatic carbocycles. The van der Waals surface area contributed by atoms with Gasteiger partial charge in [-0.25, -0.2) is 0 Å². The van der Waals surface area contributed by atoms with E-state index in [-0.39, 0.29) is 17.5 Å². The molecule has 0 unspecified atom stereocenters. The Morgan fingerprint density at radius 2 is 1.79 bits per heavy atom. The number of ether oxygens (including phenoxy) is 1. The van der Waals surface area contributed by atoms with Crippen LogP contribution in [0.3, 0.4) is 0 Å². The molecule has 0 spiro atoms. The SMILES string of the molecule is CCOC(=O)CSc1c(C)c(O)c2ccccc2c1N=Nc1ccc(Br)cc1. The minimum absolute atomic E-state index is 0.132. The van der Waals surface area contributed by atoms with Gasteiger partial charge in [0.05, 0.1) is 18.0 Å². The number of esters is 1. The average molecular weight is 459 g/mol. The summed E-state index contributed by atoms with van der Waals surface area (Å²) in [7, 11) is 0. The van der Waals surface area contributed by atoms with E-state index in [1.54, 1.807) is 6.92 Å². The third-order valence-corrected chi connectivity index (χ3v) is 5.78. The fourth-order valence-corrected chi connectivity index (χ4v) is 3.94. The van der Waals surface area contributed by atoms with Gasteiger partial charge in [-0.2, -0.15) is 5.11 Å². The molecule has 7 heteroatoms. The predicted octanol–water partition coefficient (Wildman–Crippen LogP) is 6.69. The molecule has 144 valence electrons. The normalized spacial score (nSPS) is 11.2. The molecule has 5 nitrogen and oxygen atoms in total. The molecule has 28 heavy (non-hydrogen) atoms. The largest absolute Gasteiger partial charge is 0.507 e. The maximum atomic E-state index is 11.8. The maximum absolute atomic E-state index is 11.8. The van der Waals surface area contributed by atoms with E-state index in [2.05, 4.69) is 26.2 Å². The van der Waals surface area contributed by atoms with Crippen LogP contribution in [0.25, 0.3) is 10.8 Å². The number of phenolic OH excluding ortho intramolecular Hbond substituents is 1. The Morgan fingerprint density at radius 3 is 2.46 bits per heavy atom. The number of benzene rings is 3. The van der Waals surface area contributed by atoms with Gasteiger partial charge in [-0.1, -0.05) is 40.2 Å². The molecule has 0 amide bonds. The predicted molar refractivity (Wildman–Crippen MR) is 116 cm³/mol. The van der Waals surface area contributed by atoms with Crippen molar-refractivity contribution in [3.8, 4) is 5.75 Å². The molecule has 0 radical (unpaired) electrons. The Hall–Kier alpha value is -2.38. The minimum Gasteiger partial charge on any atom is -0.507 e. The first-order chi connectivity index (χ1) is 13.5. The number of fused-ring (bicyclic) bond motifs is 1. The molecular formula is C21H19BrN2O3S. The number of carbonyl (C=O) groups is 1. The van der Waals surface area contributed by atoms with E-state index in [0.29, 0.717) is 33.8 Å². The maximum Gasteiger partial charge on any atom is 0.316 e. The van der Waals surface area contributed by atoms with Crippen LogP contribution < -0.4 is 0 Å². The van der Waals surface area contributed by atoms with Gasteiger partial charge in [0.2, 0.25) is 0 Å². The van der Waals surface area contributed by atoms with Gasteiger partial charge in [-0.15, -0.1) is 16.9 Å². The molecule has 0 atom stereocenters. The van der Waals surface area contributed by atoms with Crippen molar-refractivity contribution < 1.29 is 14.6 Å². The fourth-order valence-electron chi connectivity index (χ4n) is 2.73.